The van der Waals surface area contributed by atoms with Crippen molar-refractivity contribution in [2.75, 3.05) is 0 Å². The van der Waals surface area contributed by atoms with Crippen LogP contribution in [0.5, 0.6) is 0 Å². The summed E-state index contributed by atoms with van der Waals surface area (Å²) in [6, 6.07) is 0. The zero-order valence-electron chi connectivity index (χ0n) is 7.97. The fourth-order valence-corrected chi connectivity index (χ4v) is 5.19. The molecule has 14 heavy (non-hydrogen) atoms. The summed E-state index contributed by atoms with van der Waals surface area (Å²) in [6.45, 7) is 4.77. The SMILES string of the molecule is CC(=O)O[C@H]([C@@H](C)Cl)[C@H](C)[Te](Cl)(Cl)Cl. The van der Waals surface area contributed by atoms with Gasteiger partial charge in [-0.15, -0.1) is 0 Å². The summed E-state index contributed by atoms with van der Waals surface area (Å²) in [5.74, 6) is -0.411. The molecule has 0 N–H and O–H groups in total. The van der Waals surface area contributed by atoms with Gasteiger partial charge < -0.3 is 0 Å². The van der Waals surface area contributed by atoms with Crippen molar-refractivity contribution in [3.05, 3.63) is 0 Å². The number of halogens is 4. The number of ether oxygens (including phenoxy) is 1. The molecule has 0 rings (SSSR count). The van der Waals surface area contributed by atoms with Crippen molar-refractivity contribution in [3.63, 3.8) is 0 Å². The normalized spacial score (nSPS) is 19.6. The van der Waals surface area contributed by atoms with Gasteiger partial charge in [-0.1, -0.05) is 0 Å². The van der Waals surface area contributed by atoms with Crippen LogP contribution in [0.15, 0.2) is 0 Å². The van der Waals surface area contributed by atoms with Crippen LogP contribution >= 0.6 is 38.5 Å². The van der Waals surface area contributed by atoms with E-state index in [0.29, 0.717) is 0 Å². The van der Waals surface area contributed by atoms with Gasteiger partial charge in [0.25, 0.3) is 0 Å². The fourth-order valence-electron chi connectivity index (χ4n) is 0.907. The summed E-state index contributed by atoms with van der Waals surface area (Å²) in [5, 5.41) is -0.365. The zero-order chi connectivity index (χ0) is 11.5. The Hall–Kier alpha value is 1.42. The van der Waals surface area contributed by atoms with E-state index in [-0.39, 0.29) is 9.34 Å². The van der Waals surface area contributed by atoms with Crippen LogP contribution in [-0.4, -0.2) is 32.3 Å². The third kappa shape index (κ3) is 5.49. The van der Waals surface area contributed by atoms with E-state index < -0.39 is 26.9 Å². The van der Waals surface area contributed by atoms with Gasteiger partial charge >= 0.3 is 105 Å². The van der Waals surface area contributed by atoms with Crippen LogP contribution in [0.4, 0.5) is 0 Å². The molecule has 0 radical (unpaired) electrons. The topological polar surface area (TPSA) is 26.3 Å². The Labute approximate surface area is 104 Å². The molecule has 0 heterocycles. The van der Waals surface area contributed by atoms with Crippen LogP contribution in [-0.2, 0) is 9.53 Å². The first-order chi connectivity index (χ1) is 6.16. The molecule has 0 unspecified atom stereocenters. The molecule has 0 aliphatic heterocycles. The van der Waals surface area contributed by atoms with Crippen LogP contribution < -0.4 is 0 Å². The second kappa shape index (κ2) is 6.23. The van der Waals surface area contributed by atoms with Gasteiger partial charge in [-0.3, -0.25) is 0 Å². The second-order valence-electron chi connectivity index (χ2n) is 2.90. The molecule has 86 valence electrons. The first kappa shape index (κ1) is 15.4. The van der Waals surface area contributed by atoms with Crippen molar-refractivity contribution in [2.24, 2.45) is 0 Å². The maximum absolute atomic E-state index is 10.8. The Kier molecular flexibility index (Phi) is 6.86. The molecule has 0 aromatic carbocycles. The maximum atomic E-state index is 10.8. The van der Waals surface area contributed by atoms with E-state index >= 15 is 0 Å². The molecule has 0 amide bonds. The molecule has 0 aromatic heterocycles. The van der Waals surface area contributed by atoms with Gasteiger partial charge in [-0.05, 0) is 0 Å². The summed E-state index contributed by atoms with van der Waals surface area (Å²) < 4.78 is 4.74. The van der Waals surface area contributed by atoms with Crippen molar-refractivity contribution in [2.45, 2.75) is 36.2 Å². The Balaban J connectivity index is 4.57. The Morgan fingerprint density at radius 1 is 1.29 bits per heavy atom. The van der Waals surface area contributed by atoms with Gasteiger partial charge in [0.1, 0.15) is 0 Å². The minimum atomic E-state index is -3.41. The van der Waals surface area contributed by atoms with Crippen LogP contribution in [0, 0.1) is 0 Å². The van der Waals surface area contributed by atoms with Crippen molar-refractivity contribution in [3.8, 4) is 0 Å². The molecule has 0 fully saturated rings. The van der Waals surface area contributed by atoms with Gasteiger partial charge in [0.15, 0.2) is 0 Å². The third-order valence-electron chi connectivity index (χ3n) is 1.64. The molecule has 0 aromatic rings. The molecule has 0 saturated carbocycles. The third-order valence-corrected chi connectivity index (χ3v) is 10.7. The van der Waals surface area contributed by atoms with E-state index in [1.54, 1.807) is 13.8 Å². The number of alkyl halides is 1. The first-order valence-corrected chi connectivity index (χ1v) is 14.5. The van der Waals surface area contributed by atoms with Gasteiger partial charge in [0, 0.05) is 0 Å². The van der Waals surface area contributed by atoms with Gasteiger partial charge in [-0.2, -0.15) is 0 Å². The van der Waals surface area contributed by atoms with E-state index in [0.717, 1.165) is 0 Å². The summed E-state index contributed by atoms with van der Waals surface area (Å²) in [4.78, 5) is 10.8. The molecule has 0 bridgehead atoms. The van der Waals surface area contributed by atoms with E-state index in [4.69, 9.17) is 43.2 Å². The standard InChI is InChI=1S/C7H12Cl4O2Te/c1-4(8)7(13-6(3)12)5(2)14(9,10)11/h4-5,7H,1-3H3/t4-,5+,7-/m1/s1. The van der Waals surface area contributed by atoms with Gasteiger partial charge in [0.05, 0.1) is 0 Å². The molecule has 0 saturated heterocycles. The predicted octanol–water partition coefficient (Wildman–Crippen LogP) is 3.59. The molecule has 2 nitrogen and oxygen atoms in total. The number of esters is 1. The molecule has 0 aliphatic carbocycles. The fraction of sp³-hybridized carbons (Fsp3) is 0.857. The number of rotatable bonds is 4. The summed E-state index contributed by atoms with van der Waals surface area (Å²) in [7, 11) is 17.6. The van der Waals surface area contributed by atoms with Crippen LogP contribution in [0.2, 0.25) is 3.97 Å². The second-order valence-corrected chi connectivity index (χ2v) is 21.2. The molecule has 0 spiro atoms. The average Bonchev–Trinajstić information content (AvgIpc) is 1.96. The minimum absolute atomic E-state index is 0.279. The van der Waals surface area contributed by atoms with Crippen molar-refractivity contribution in [1.29, 1.82) is 0 Å². The predicted molar refractivity (Wildman–Crippen MR) is 63.6 cm³/mol. The zero-order valence-corrected chi connectivity index (χ0v) is 13.3. The van der Waals surface area contributed by atoms with Crippen LogP contribution in [0.25, 0.3) is 0 Å². The number of hydrogen-bond acceptors (Lipinski definition) is 2. The number of carbonyl (C=O) groups is 1. The number of hydrogen-bond donors (Lipinski definition) is 0. The molecule has 0 aliphatic rings. The monoisotopic (exact) mass is 398 g/mol. The molecular formula is C7H12Cl4O2Te. The molecule has 3 atom stereocenters. The van der Waals surface area contributed by atoms with Gasteiger partial charge in [-0.25, -0.2) is 0 Å². The van der Waals surface area contributed by atoms with Crippen molar-refractivity contribution < 1.29 is 9.53 Å². The van der Waals surface area contributed by atoms with Crippen LogP contribution in [0.3, 0.4) is 0 Å². The average molecular weight is 398 g/mol. The molecule has 7 heteroatoms. The summed E-state index contributed by atoms with van der Waals surface area (Å²) in [5.41, 5.74) is 0. The Bertz CT molecular complexity index is 204. The first-order valence-electron chi connectivity index (χ1n) is 3.88. The summed E-state index contributed by atoms with van der Waals surface area (Å²) in [6.07, 6.45) is -0.525. The van der Waals surface area contributed by atoms with E-state index in [1.165, 1.54) is 6.92 Å². The van der Waals surface area contributed by atoms with Gasteiger partial charge in [0.2, 0.25) is 0 Å². The Morgan fingerprint density at radius 2 is 1.71 bits per heavy atom. The van der Waals surface area contributed by atoms with Crippen molar-refractivity contribution in [1.82, 2.24) is 0 Å². The van der Waals surface area contributed by atoms with Crippen LogP contribution in [0.1, 0.15) is 20.8 Å². The van der Waals surface area contributed by atoms with E-state index in [2.05, 4.69) is 0 Å². The van der Waals surface area contributed by atoms with E-state index in [1.807, 2.05) is 0 Å². The molecular weight excluding hydrogens is 385 g/mol. The quantitative estimate of drug-likeness (QED) is 0.412. The number of carbonyl (C=O) groups excluding carboxylic acids is 1. The summed E-state index contributed by atoms with van der Waals surface area (Å²) >= 11 is 2.45. The van der Waals surface area contributed by atoms with Crippen molar-refractivity contribution >= 4 is 59.3 Å². The van der Waals surface area contributed by atoms with E-state index in [9.17, 15) is 4.79 Å². The Morgan fingerprint density at radius 3 is 1.93 bits per heavy atom.